The van der Waals surface area contributed by atoms with E-state index in [0.29, 0.717) is 53.4 Å². The first kappa shape index (κ1) is 25.0. The van der Waals surface area contributed by atoms with Crippen molar-refractivity contribution in [3.05, 3.63) is 75.9 Å². The molecule has 0 amide bonds. The van der Waals surface area contributed by atoms with Crippen molar-refractivity contribution >= 4 is 34.5 Å². The number of fused-ring (bicyclic) bond motifs is 1. The number of esters is 1. The fourth-order valence-electron chi connectivity index (χ4n) is 3.85. The topological polar surface area (TPSA) is 69.6 Å². The van der Waals surface area contributed by atoms with E-state index in [2.05, 4.69) is 4.99 Å². The van der Waals surface area contributed by atoms with E-state index in [9.17, 15) is 4.79 Å². The maximum atomic E-state index is 12.9. The number of thioether (sulfide) groups is 1. The summed E-state index contributed by atoms with van der Waals surface area (Å²) in [4.78, 5) is 19.5. The lowest BCUT2D eigenvalue weighted by Crippen LogP contribution is -2.34. The first-order valence-corrected chi connectivity index (χ1v) is 12.6. The van der Waals surface area contributed by atoms with Crippen LogP contribution in [0.3, 0.4) is 0 Å². The van der Waals surface area contributed by atoms with Crippen LogP contribution >= 0.6 is 23.4 Å². The highest BCUT2D eigenvalue weighted by Crippen LogP contribution is 2.43. The van der Waals surface area contributed by atoms with Crippen molar-refractivity contribution in [2.24, 2.45) is 4.99 Å². The smallest absolute Gasteiger partial charge is 0.338 e. The van der Waals surface area contributed by atoms with E-state index in [1.165, 1.54) is 11.8 Å². The van der Waals surface area contributed by atoms with Gasteiger partial charge in [-0.25, -0.2) is 9.79 Å². The van der Waals surface area contributed by atoms with Gasteiger partial charge in [0.25, 0.3) is 0 Å². The van der Waals surface area contributed by atoms with Crippen molar-refractivity contribution in [3.63, 3.8) is 0 Å². The van der Waals surface area contributed by atoms with Gasteiger partial charge in [-0.3, -0.25) is 0 Å². The van der Waals surface area contributed by atoms with Crippen LogP contribution in [0.2, 0.25) is 5.02 Å². The standard InChI is InChI=1S/C26H27ClN2O5S/c1-4-31-22-16-18(10-11-21(22)34-14-13-33-20-9-7-6-8-19(20)27)24-23(25(30)32-5-2)17(3)28-26-29(24)12-15-35-26/h6-12,15-16,24H,4-5,13-14H2,1-3H3/t24-/m1/s1. The second-order valence-electron chi connectivity index (χ2n) is 7.59. The van der Waals surface area contributed by atoms with E-state index in [-0.39, 0.29) is 18.6 Å². The van der Waals surface area contributed by atoms with Gasteiger partial charge in [0.15, 0.2) is 16.7 Å². The normalized spacial score (nSPS) is 16.6. The highest BCUT2D eigenvalue weighted by Gasteiger charge is 2.37. The molecular weight excluding hydrogens is 488 g/mol. The van der Waals surface area contributed by atoms with Gasteiger partial charge in [-0.15, -0.1) is 0 Å². The Morgan fingerprint density at radius 1 is 1.03 bits per heavy atom. The number of para-hydroxylation sites is 1. The minimum atomic E-state index is -0.385. The van der Waals surface area contributed by atoms with Crippen LogP contribution in [-0.2, 0) is 9.53 Å². The minimum absolute atomic E-state index is 0.288. The minimum Gasteiger partial charge on any atom is -0.490 e. The van der Waals surface area contributed by atoms with E-state index < -0.39 is 0 Å². The molecule has 2 heterocycles. The largest absolute Gasteiger partial charge is 0.490 e. The second kappa shape index (κ2) is 11.6. The third-order valence-corrected chi connectivity index (χ3v) is 6.42. The van der Waals surface area contributed by atoms with Gasteiger partial charge in [-0.05, 0) is 56.0 Å². The molecule has 0 unspecified atom stereocenters. The average Bonchev–Trinajstić information content (AvgIpc) is 3.31. The van der Waals surface area contributed by atoms with Crippen LogP contribution in [0.1, 0.15) is 32.4 Å². The molecule has 0 fully saturated rings. The lowest BCUT2D eigenvalue weighted by atomic mass is 9.94. The van der Waals surface area contributed by atoms with Crippen molar-refractivity contribution in [2.45, 2.75) is 26.8 Å². The summed E-state index contributed by atoms with van der Waals surface area (Å²) in [6, 6.07) is 12.6. The molecule has 1 atom stereocenters. The van der Waals surface area contributed by atoms with Crippen LogP contribution in [0.15, 0.2) is 70.3 Å². The van der Waals surface area contributed by atoms with Gasteiger partial charge in [0.2, 0.25) is 0 Å². The Labute approximate surface area is 214 Å². The summed E-state index contributed by atoms with van der Waals surface area (Å²) in [5.74, 6) is 1.41. The monoisotopic (exact) mass is 514 g/mol. The maximum absolute atomic E-state index is 12.9. The maximum Gasteiger partial charge on any atom is 0.338 e. The molecule has 9 heteroatoms. The Bertz CT molecular complexity index is 1180. The van der Waals surface area contributed by atoms with Gasteiger partial charge in [-0.2, -0.15) is 0 Å². The van der Waals surface area contributed by atoms with Gasteiger partial charge >= 0.3 is 5.97 Å². The van der Waals surface area contributed by atoms with E-state index in [1.54, 1.807) is 13.0 Å². The molecular formula is C26H27ClN2O5S. The molecule has 0 saturated heterocycles. The zero-order valence-corrected chi connectivity index (χ0v) is 21.4. The van der Waals surface area contributed by atoms with Gasteiger partial charge in [-0.1, -0.05) is 41.6 Å². The highest BCUT2D eigenvalue weighted by atomic mass is 35.5. The number of benzene rings is 2. The van der Waals surface area contributed by atoms with Crippen molar-refractivity contribution < 1.29 is 23.7 Å². The molecule has 0 radical (unpaired) electrons. The molecule has 0 aromatic heterocycles. The number of hydrogen-bond acceptors (Lipinski definition) is 8. The molecule has 0 bridgehead atoms. The molecule has 4 rings (SSSR count). The predicted octanol–water partition coefficient (Wildman–Crippen LogP) is 5.96. The third kappa shape index (κ3) is 5.60. The number of aliphatic imine (C=N–C) groups is 1. The summed E-state index contributed by atoms with van der Waals surface area (Å²) >= 11 is 7.65. The molecule has 2 aliphatic rings. The Hall–Kier alpha value is -3.10. The summed E-state index contributed by atoms with van der Waals surface area (Å²) < 4.78 is 22.9. The van der Waals surface area contributed by atoms with Crippen LogP contribution < -0.4 is 14.2 Å². The Morgan fingerprint density at radius 3 is 2.54 bits per heavy atom. The Morgan fingerprint density at radius 2 is 1.80 bits per heavy atom. The van der Waals surface area contributed by atoms with E-state index in [0.717, 1.165) is 10.7 Å². The Balaban J connectivity index is 1.56. The van der Waals surface area contributed by atoms with Crippen LogP contribution in [0.25, 0.3) is 0 Å². The van der Waals surface area contributed by atoms with Crippen LogP contribution in [0.5, 0.6) is 17.2 Å². The fourth-order valence-corrected chi connectivity index (χ4v) is 4.83. The second-order valence-corrected chi connectivity index (χ2v) is 8.87. The molecule has 2 aliphatic heterocycles. The number of rotatable bonds is 10. The number of halogens is 1. The number of carbonyl (C=O) groups is 1. The third-order valence-electron chi connectivity index (χ3n) is 5.33. The van der Waals surface area contributed by atoms with Crippen LogP contribution in [0, 0.1) is 0 Å². The fraction of sp³-hybridized carbons (Fsp3) is 0.308. The first-order valence-electron chi connectivity index (χ1n) is 11.4. The molecule has 184 valence electrons. The number of hydrogen-bond donors (Lipinski definition) is 0. The van der Waals surface area contributed by atoms with Crippen molar-refractivity contribution in [2.75, 3.05) is 26.4 Å². The molecule has 35 heavy (non-hydrogen) atoms. The van der Waals surface area contributed by atoms with Crippen molar-refractivity contribution in [1.82, 2.24) is 4.90 Å². The molecule has 2 aromatic carbocycles. The summed E-state index contributed by atoms with van der Waals surface area (Å²) in [5, 5.41) is 3.32. The van der Waals surface area contributed by atoms with Gasteiger partial charge in [0, 0.05) is 6.20 Å². The molecule has 0 spiro atoms. The van der Waals surface area contributed by atoms with Crippen molar-refractivity contribution in [3.8, 4) is 17.2 Å². The van der Waals surface area contributed by atoms with Gasteiger partial charge in [0.1, 0.15) is 19.0 Å². The van der Waals surface area contributed by atoms with Gasteiger partial charge in [0.05, 0.1) is 35.5 Å². The molecule has 0 saturated carbocycles. The van der Waals surface area contributed by atoms with Crippen LogP contribution in [0.4, 0.5) is 0 Å². The van der Waals surface area contributed by atoms with Gasteiger partial charge < -0.3 is 23.8 Å². The number of ether oxygens (including phenoxy) is 4. The van der Waals surface area contributed by atoms with E-state index >= 15 is 0 Å². The highest BCUT2D eigenvalue weighted by molar-refractivity contribution is 8.16. The SMILES string of the molecule is CCOC(=O)C1=C(C)N=C2SC=CN2[C@@H]1c1ccc(OCCOc2ccccc2Cl)c(OCC)c1. The summed E-state index contributed by atoms with van der Waals surface area (Å²) in [6.45, 7) is 6.93. The van der Waals surface area contributed by atoms with E-state index in [4.69, 9.17) is 30.5 Å². The zero-order valence-electron chi connectivity index (χ0n) is 19.8. The molecule has 7 nitrogen and oxygen atoms in total. The number of allylic oxidation sites excluding steroid dienone is 1. The lowest BCUT2D eigenvalue weighted by molar-refractivity contribution is -0.139. The van der Waals surface area contributed by atoms with Crippen molar-refractivity contribution in [1.29, 1.82) is 0 Å². The predicted molar refractivity (Wildman–Crippen MR) is 138 cm³/mol. The number of carbonyl (C=O) groups excluding carboxylic acids is 1. The molecule has 0 N–H and O–H groups in total. The average molecular weight is 515 g/mol. The number of amidine groups is 1. The summed E-state index contributed by atoms with van der Waals surface area (Å²) in [7, 11) is 0. The summed E-state index contributed by atoms with van der Waals surface area (Å²) in [6.07, 6.45) is 1.93. The zero-order chi connectivity index (χ0) is 24.8. The Kier molecular flexibility index (Phi) is 8.25. The molecule has 2 aromatic rings. The van der Waals surface area contributed by atoms with E-state index in [1.807, 2.05) is 66.8 Å². The van der Waals surface area contributed by atoms with Crippen LogP contribution in [-0.4, -0.2) is 42.5 Å². The quantitative estimate of drug-likeness (QED) is 0.286. The number of nitrogens with zero attached hydrogens (tertiary/aromatic N) is 2. The lowest BCUT2D eigenvalue weighted by Gasteiger charge is -2.33. The molecule has 0 aliphatic carbocycles. The summed E-state index contributed by atoms with van der Waals surface area (Å²) in [5.41, 5.74) is 2.02. The first-order chi connectivity index (χ1) is 17.0.